The van der Waals surface area contributed by atoms with Crippen LogP contribution in [0.2, 0.25) is 0 Å². The van der Waals surface area contributed by atoms with Gasteiger partial charge in [0.15, 0.2) is 0 Å². The van der Waals surface area contributed by atoms with Crippen LogP contribution in [0, 0.1) is 5.92 Å². The van der Waals surface area contributed by atoms with Crippen LogP contribution in [0.1, 0.15) is 35.7 Å². The zero-order chi connectivity index (χ0) is 22.3. The third kappa shape index (κ3) is 6.15. The average Bonchev–Trinajstić information content (AvgIpc) is 2.80. The van der Waals surface area contributed by atoms with E-state index in [1.165, 1.54) is 4.31 Å². The molecule has 8 heteroatoms. The Labute approximate surface area is 183 Å². The van der Waals surface area contributed by atoms with Gasteiger partial charge in [0.2, 0.25) is 15.9 Å². The van der Waals surface area contributed by atoms with Crippen molar-refractivity contribution in [2.45, 2.75) is 26.2 Å². The zero-order valence-corrected chi connectivity index (χ0v) is 18.5. The fourth-order valence-corrected chi connectivity index (χ4v) is 4.86. The highest BCUT2D eigenvalue weighted by Gasteiger charge is 2.31. The lowest BCUT2D eigenvalue weighted by molar-refractivity contribution is -0.120. The molecule has 0 spiro atoms. The first kappa shape index (κ1) is 23.0. The van der Waals surface area contributed by atoms with E-state index in [9.17, 15) is 18.0 Å². The Morgan fingerprint density at radius 3 is 2.52 bits per heavy atom. The summed E-state index contributed by atoms with van der Waals surface area (Å²) in [5.74, 6) is -0.941. The highest BCUT2D eigenvalue weighted by molar-refractivity contribution is 7.89. The lowest BCUT2D eigenvalue weighted by Crippen LogP contribution is -2.44. The lowest BCUT2D eigenvalue weighted by Gasteiger charge is -2.31. The van der Waals surface area contributed by atoms with Crippen molar-refractivity contribution in [3.63, 3.8) is 0 Å². The number of hydrogen-bond acceptors (Lipinski definition) is 4. The van der Waals surface area contributed by atoms with E-state index < -0.39 is 15.9 Å². The number of nitrogens with zero attached hydrogens (tertiary/aromatic N) is 1. The number of hydrogen-bond donors (Lipinski definition) is 2. The van der Waals surface area contributed by atoms with Gasteiger partial charge in [-0.05, 0) is 43.9 Å². The van der Waals surface area contributed by atoms with E-state index >= 15 is 0 Å². The summed E-state index contributed by atoms with van der Waals surface area (Å²) in [6.07, 6.45) is 1.97. The van der Waals surface area contributed by atoms with E-state index in [4.69, 9.17) is 0 Å². The molecule has 0 bridgehead atoms. The standard InChI is InChI=1S/C23H29N3O4S/c1-2-31(29,30)26-16-8-11-19(17-26)22(27)25-21-13-7-6-12-20(21)23(28)24-15-14-18-9-4-3-5-10-18/h3-7,9-10,12-13,19H,2,8,11,14-17H2,1H3,(H,24,28)(H,25,27)/t19-/m1/s1. The summed E-state index contributed by atoms with van der Waals surface area (Å²) in [6.45, 7) is 2.71. The first-order chi connectivity index (χ1) is 14.9. The van der Waals surface area contributed by atoms with Crippen LogP contribution in [-0.4, -0.2) is 49.9 Å². The van der Waals surface area contributed by atoms with Gasteiger partial charge >= 0.3 is 0 Å². The second-order valence-electron chi connectivity index (χ2n) is 7.62. The Morgan fingerprint density at radius 1 is 1.06 bits per heavy atom. The van der Waals surface area contributed by atoms with E-state index in [2.05, 4.69) is 10.6 Å². The third-order valence-corrected chi connectivity index (χ3v) is 7.33. The maximum atomic E-state index is 12.8. The molecule has 7 nitrogen and oxygen atoms in total. The van der Waals surface area contributed by atoms with Gasteiger partial charge in [-0.2, -0.15) is 0 Å². The number of para-hydroxylation sites is 1. The van der Waals surface area contributed by atoms with Crippen molar-refractivity contribution in [2.24, 2.45) is 5.92 Å². The molecule has 31 heavy (non-hydrogen) atoms. The Morgan fingerprint density at radius 2 is 1.77 bits per heavy atom. The van der Waals surface area contributed by atoms with Crippen LogP contribution in [0.15, 0.2) is 54.6 Å². The summed E-state index contributed by atoms with van der Waals surface area (Å²) in [4.78, 5) is 25.5. The fourth-order valence-electron chi connectivity index (χ4n) is 3.68. The Kier molecular flexibility index (Phi) is 7.81. The summed E-state index contributed by atoms with van der Waals surface area (Å²) in [5.41, 5.74) is 1.95. The van der Waals surface area contributed by atoms with Crippen LogP contribution >= 0.6 is 0 Å². The number of nitrogens with one attached hydrogen (secondary N) is 2. The molecule has 0 radical (unpaired) electrons. The van der Waals surface area contributed by atoms with Gasteiger partial charge in [-0.25, -0.2) is 12.7 Å². The summed E-state index contributed by atoms with van der Waals surface area (Å²) < 4.78 is 25.7. The monoisotopic (exact) mass is 443 g/mol. The van der Waals surface area contributed by atoms with Crippen LogP contribution in [0.5, 0.6) is 0 Å². The number of carbonyl (C=O) groups is 2. The van der Waals surface area contributed by atoms with Gasteiger partial charge in [0, 0.05) is 19.6 Å². The predicted molar refractivity (Wildman–Crippen MR) is 121 cm³/mol. The highest BCUT2D eigenvalue weighted by atomic mass is 32.2. The largest absolute Gasteiger partial charge is 0.352 e. The molecule has 1 aliphatic rings. The fraction of sp³-hybridized carbons (Fsp3) is 0.391. The molecule has 0 aromatic heterocycles. The lowest BCUT2D eigenvalue weighted by atomic mass is 9.98. The molecular formula is C23H29N3O4S. The molecule has 1 aliphatic heterocycles. The number of carbonyl (C=O) groups excluding carboxylic acids is 2. The van der Waals surface area contributed by atoms with Crippen LogP contribution in [0.4, 0.5) is 5.69 Å². The first-order valence-electron chi connectivity index (χ1n) is 10.6. The minimum Gasteiger partial charge on any atom is -0.352 e. The minimum absolute atomic E-state index is 0.0212. The molecule has 0 aliphatic carbocycles. The maximum absolute atomic E-state index is 12.8. The molecule has 3 rings (SSSR count). The molecule has 1 atom stereocenters. The smallest absolute Gasteiger partial charge is 0.253 e. The second kappa shape index (κ2) is 10.5. The van der Waals surface area contributed by atoms with E-state index in [1.54, 1.807) is 31.2 Å². The summed E-state index contributed by atoms with van der Waals surface area (Å²) in [7, 11) is -3.33. The van der Waals surface area contributed by atoms with Gasteiger partial charge in [-0.15, -0.1) is 0 Å². The van der Waals surface area contributed by atoms with E-state index in [0.717, 1.165) is 5.56 Å². The molecule has 2 N–H and O–H groups in total. The molecule has 2 aromatic carbocycles. The van der Waals surface area contributed by atoms with Crippen molar-refractivity contribution in [2.75, 3.05) is 30.7 Å². The average molecular weight is 444 g/mol. The van der Waals surface area contributed by atoms with Crippen LogP contribution in [0.25, 0.3) is 0 Å². The van der Waals surface area contributed by atoms with Crippen molar-refractivity contribution >= 4 is 27.5 Å². The van der Waals surface area contributed by atoms with Crippen molar-refractivity contribution < 1.29 is 18.0 Å². The molecule has 0 saturated carbocycles. The number of rotatable bonds is 8. The van der Waals surface area contributed by atoms with Gasteiger partial charge in [-0.3, -0.25) is 9.59 Å². The molecule has 2 amide bonds. The molecular weight excluding hydrogens is 414 g/mol. The SMILES string of the molecule is CCS(=O)(=O)N1CCC[C@@H](C(=O)Nc2ccccc2C(=O)NCCc2ccccc2)C1. The van der Waals surface area contributed by atoms with E-state index in [1.807, 2.05) is 30.3 Å². The summed E-state index contributed by atoms with van der Waals surface area (Å²) in [5, 5.41) is 5.74. The third-order valence-electron chi connectivity index (χ3n) is 5.48. The molecule has 1 heterocycles. The van der Waals surface area contributed by atoms with Crippen LogP contribution in [0.3, 0.4) is 0 Å². The van der Waals surface area contributed by atoms with Gasteiger partial charge in [0.05, 0.1) is 22.9 Å². The van der Waals surface area contributed by atoms with Crippen LogP contribution in [-0.2, 0) is 21.2 Å². The van der Waals surface area contributed by atoms with Crippen molar-refractivity contribution in [3.8, 4) is 0 Å². The topological polar surface area (TPSA) is 95.6 Å². The zero-order valence-electron chi connectivity index (χ0n) is 17.7. The van der Waals surface area contributed by atoms with E-state index in [-0.39, 0.29) is 24.1 Å². The number of benzene rings is 2. The predicted octanol–water partition coefficient (Wildman–Crippen LogP) is 2.66. The quantitative estimate of drug-likeness (QED) is 0.656. The van der Waals surface area contributed by atoms with Crippen molar-refractivity contribution in [3.05, 3.63) is 65.7 Å². The van der Waals surface area contributed by atoms with Gasteiger partial charge < -0.3 is 10.6 Å². The molecule has 0 unspecified atom stereocenters. The normalized spacial score (nSPS) is 17.1. The molecule has 1 saturated heterocycles. The Hall–Kier alpha value is -2.71. The minimum atomic E-state index is -3.33. The first-order valence-corrected chi connectivity index (χ1v) is 12.2. The summed E-state index contributed by atoms with van der Waals surface area (Å²) in [6, 6.07) is 16.7. The van der Waals surface area contributed by atoms with Gasteiger partial charge in [0.1, 0.15) is 0 Å². The number of piperidine rings is 1. The number of amides is 2. The number of anilines is 1. The summed E-state index contributed by atoms with van der Waals surface area (Å²) >= 11 is 0. The maximum Gasteiger partial charge on any atom is 0.253 e. The van der Waals surface area contributed by atoms with Crippen molar-refractivity contribution in [1.29, 1.82) is 0 Å². The molecule has 166 valence electrons. The second-order valence-corrected chi connectivity index (χ2v) is 9.88. The van der Waals surface area contributed by atoms with Crippen LogP contribution < -0.4 is 10.6 Å². The Bertz CT molecular complexity index is 1010. The van der Waals surface area contributed by atoms with E-state index in [0.29, 0.717) is 43.6 Å². The number of sulfonamides is 1. The Balaban J connectivity index is 1.61. The molecule has 2 aromatic rings. The van der Waals surface area contributed by atoms with Gasteiger partial charge in [0.25, 0.3) is 5.91 Å². The van der Waals surface area contributed by atoms with Gasteiger partial charge in [-0.1, -0.05) is 42.5 Å². The van der Waals surface area contributed by atoms with Crippen molar-refractivity contribution in [1.82, 2.24) is 9.62 Å². The molecule has 1 fully saturated rings. The highest BCUT2D eigenvalue weighted by Crippen LogP contribution is 2.22.